The van der Waals surface area contributed by atoms with Crippen molar-refractivity contribution in [3.63, 3.8) is 0 Å². The Morgan fingerprint density at radius 3 is 2.59 bits per heavy atom. The van der Waals surface area contributed by atoms with Crippen molar-refractivity contribution >= 4 is 11.7 Å². The fourth-order valence-corrected chi connectivity index (χ4v) is 3.58. The van der Waals surface area contributed by atoms with Gasteiger partial charge in [-0.15, -0.1) is 0 Å². The van der Waals surface area contributed by atoms with Gasteiger partial charge in [-0.3, -0.25) is 5.41 Å². The molecule has 0 atom stereocenters. The lowest BCUT2D eigenvalue weighted by atomic mass is 10.2. The normalized spacial score (nSPS) is 11.6. The SMILES string of the molecule is CCCCN(CCC)CCc1c[nH]c(C(=NC(=N)c2cccc(OC)n2)Oc2ccccc2)c1. The van der Waals surface area contributed by atoms with Crippen LogP contribution in [0.1, 0.15) is 50.1 Å². The summed E-state index contributed by atoms with van der Waals surface area (Å²) in [7, 11) is 1.55. The highest BCUT2D eigenvalue weighted by molar-refractivity contribution is 6.07. The third-order valence-corrected chi connectivity index (χ3v) is 5.40. The van der Waals surface area contributed by atoms with Crippen LogP contribution >= 0.6 is 0 Å². The summed E-state index contributed by atoms with van der Waals surface area (Å²) in [6, 6.07) is 16.8. The summed E-state index contributed by atoms with van der Waals surface area (Å²) in [5, 5.41) is 8.50. The number of pyridine rings is 1. The summed E-state index contributed by atoms with van der Waals surface area (Å²) in [5.74, 6) is 1.40. The molecule has 7 heteroatoms. The van der Waals surface area contributed by atoms with E-state index in [4.69, 9.17) is 14.9 Å². The van der Waals surface area contributed by atoms with Crippen molar-refractivity contribution in [2.75, 3.05) is 26.7 Å². The first-order chi connectivity index (χ1) is 16.6. The van der Waals surface area contributed by atoms with E-state index >= 15 is 0 Å². The Hall–Kier alpha value is -3.45. The van der Waals surface area contributed by atoms with Crippen molar-refractivity contribution < 1.29 is 9.47 Å². The zero-order valence-corrected chi connectivity index (χ0v) is 20.4. The van der Waals surface area contributed by atoms with Crippen molar-refractivity contribution in [1.82, 2.24) is 14.9 Å². The molecule has 0 amide bonds. The smallest absolute Gasteiger partial charge is 0.245 e. The van der Waals surface area contributed by atoms with E-state index in [9.17, 15) is 0 Å². The average molecular weight is 462 g/mol. The summed E-state index contributed by atoms with van der Waals surface area (Å²) in [4.78, 5) is 14.6. The van der Waals surface area contributed by atoms with Crippen molar-refractivity contribution in [1.29, 1.82) is 5.41 Å². The largest absolute Gasteiger partial charge is 0.481 e. The summed E-state index contributed by atoms with van der Waals surface area (Å²) < 4.78 is 11.3. The fraction of sp³-hybridized carbons (Fsp3) is 0.370. The number of para-hydroxylation sites is 1. The first-order valence-corrected chi connectivity index (χ1v) is 11.9. The number of benzene rings is 1. The van der Waals surface area contributed by atoms with Crippen molar-refractivity contribution in [3.8, 4) is 11.6 Å². The molecule has 0 spiro atoms. The Morgan fingerprint density at radius 1 is 1.03 bits per heavy atom. The Kier molecular flexibility index (Phi) is 9.85. The first kappa shape index (κ1) is 25.2. The summed E-state index contributed by atoms with van der Waals surface area (Å²) >= 11 is 0. The second kappa shape index (κ2) is 13.3. The quantitative estimate of drug-likeness (QED) is 0.282. The maximum Gasteiger partial charge on any atom is 0.245 e. The lowest BCUT2D eigenvalue weighted by Crippen LogP contribution is -2.28. The Labute approximate surface area is 202 Å². The number of nitrogens with zero attached hydrogens (tertiary/aromatic N) is 3. The summed E-state index contributed by atoms with van der Waals surface area (Å²) in [5.41, 5.74) is 2.32. The molecule has 2 heterocycles. The van der Waals surface area contributed by atoms with Gasteiger partial charge in [-0.2, -0.15) is 4.99 Å². The van der Waals surface area contributed by atoms with Crippen LogP contribution < -0.4 is 9.47 Å². The number of hydrogen-bond acceptors (Lipinski definition) is 5. The molecular formula is C27H35N5O2. The van der Waals surface area contributed by atoms with E-state index in [2.05, 4.69) is 39.8 Å². The lowest BCUT2D eigenvalue weighted by molar-refractivity contribution is 0.273. The number of amidine groups is 1. The zero-order valence-electron chi connectivity index (χ0n) is 20.4. The molecule has 0 aliphatic heterocycles. The minimum atomic E-state index is -0.00494. The Bertz CT molecular complexity index is 1060. The van der Waals surface area contributed by atoms with E-state index in [1.807, 2.05) is 36.5 Å². The molecule has 2 aromatic heterocycles. The number of methoxy groups -OCH3 is 1. The minimum Gasteiger partial charge on any atom is -0.481 e. The molecule has 0 saturated heterocycles. The van der Waals surface area contributed by atoms with Crippen LogP contribution in [0.2, 0.25) is 0 Å². The number of aromatic amines is 1. The van der Waals surface area contributed by atoms with Gasteiger partial charge in [0.1, 0.15) is 17.1 Å². The van der Waals surface area contributed by atoms with Crippen molar-refractivity contribution in [2.45, 2.75) is 39.5 Å². The van der Waals surface area contributed by atoms with Crippen molar-refractivity contribution in [3.05, 3.63) is 77.7 Å². The van der Waals surface area contributed by atoms with Gasteiger partial charge in [0.15, 0.2) is 5.84 Å². The number of aromatic nitrogens is 2. The van der Waals surface area contributed by atoms with Crippen molar-refractivity contribution in [2.24, 2.45) is 4.99 Å². The zero-order chi connectivity index (χ0) is 24.2. The highest BCUT2D eigenvalue weighted by Gasteiger charge is 2.14. The van der Waals surface area contributed by atoms with E-state index in [1.54, 1.807) is 25.3 Å². The monoisotopic (exact) mass is 461 g/mol. The fourth-order valence-electron chi connectivity index (χ4n) is 3.58. The average Bonchev–Trinajstić information content (AvgIpc) is 3.35. The third kappa shape index (κ3) is 7.56. The molecule has 0 fully saturated rings. The molecule has 0 radical (unpaired) electrons. The van der Waals surface area contributed by atoms with Crippen LogP contribution in [0, 0.1) is 5.41 Å². The molecule has 3 rings (SSSR count). The van der Waals surface area contributed by atoms with Gasteiger partial charge in [0, 0.05) is 18.8 Å². The number of nitrogens with one attached hydrogen (secondary N) is 2. The molecule has 0 aliphatic rings. The van der Waals surface area contributed by atoms with Crippen LogP contribution in [0.15, 0.2) is 65.8 Å². The summed E-state index contributed by atoms with van der Waals surface area (Å²) in [6.07, 6.45) is 6.52. The number of hydrogen-bond donors (Lipinski definition) is 2. The maximum absolute atomic E-state index is 8.50. The van der Waals surface area contributed by atoms with E-state index in [0.717, 1.165) is 38.2 Å². The minimum absolute atomic E-state index is 0.00494. The topological polar surface area (TPSA) is 86.6 Å². The molecule has 3 aromatic rings. The van der Waals surface area contributed by atoms with Gasteiger partial charge >= 0.3 is 0 Å². The first-order valence-electron chi connectivity index (χ1n) is 11.9. The highest BCUT2D eigenvalue weighted by Crippen LogP contribution is 2.15. The van der Waals surface area contributed by atoms with Gasteiger partial charge in [0.25, 0.3) is 0 Å². The number of unbranched alkanes of at least 4 members (excludes halogenated alkanes) is 1. The molecular weight excluding hydrogens is 426 g/mol. The van der Waals surface area contributed by atoms with Crippen LogP contribution in [-0.2, 0) is 6.42 Å². The van der Waals surface area contributed by atoms with Crippen LogP contribution in [0.25, 0.3) is 0 Å². The molecule has 1 aromatic carbocycles. The van der Waals surface area contributed by atoms with Crippen LogP contribution in [0.3, 0.4) is 0 Å². The molecule has 2 N–H and O–H groups in total. The van der Waals surface area contributed by atoms with Gasteiger partial charge in [-0.05, 0) is 62.2 Å². The molecule has 0 aliphatic carbocycles. The molecule has 0 unspecified atom stereocenters. The number of H-pyrrole nitrogens is 1. The molecule has 34 heavy (non-hydrogen) atoms. The second-order valence-electron chi connectivity index (χ2n) is 8.11. The van der Waals surface area contributed by atoms with Gasteiger partial charge < -0.3 is 19.4 Å². The predicted molar refractivity (Wildman–Crippen MR) is 137 cm³/mol. The number of ether oxygens (including phenoxy) is 2. The van der Waals surface area contributed by atoms with Crippen LogP contribution in [0.4, 0.5) is 0 Å². The highest BCUT2D eigenvalue weighted by atomic mass is 16.5. The van der Waals surface area contributed by atoms with E-state index in [1.165, 1.54) is 18.4 Å². The van der Waals surface area contributed by atoms with Gasteiger partial charge in [-0.25, -0.2) is 4.98 Å². The standard InChI is InChI=1S/C27H35N5O2/c1-4-6-17-32(16-5-2)18-15-21-19-24(29-20-21)27(34-22-11-8-7-9-12-22)31-26(28)23-13-10-14-25(30-23)33-3/h7-14,19-20,28-29H,4-6,15-18H2,1-3H3. The Morgan fingerprint density at radius 2 is 1.85 bits per heavy atom. The predicted octanol–water partition coefficient (Wildman–Crippen LogP) is 5.32. The van der Waals surface area contributed by atoms with E-state index in [-0.39, 0.29) is 5.84 Å². The number of aliphatic imine (C=N–C) groups is 1. The van der Waals surface area contributed by atoms with Gasteiger partial charge in [0.2, 0.25) is 11.8 Å². The van der Waals surface area contributed by atoms with Gasteiger partial charge in [-0.1, -0.05) is 44.5 Å². The van der Waals surface area contributed by atoms with E-state index in [0.29, 0.717) is 23.2 Å². The molecule has 0 bridgehead atoms. The lowest BCUT2D eigenvalue weighted by Gasteiger charge is -2.20. The van der Waals surface area contributed by atoms with Gasteiger partial charge in [0.05, 0.1) is 7.11 Å². The third-order valence-electron chi connectivity index (χ3n) is 5.40. The molecule has 180 valence electrons. The second-order valence-corrected chi connectivity index (χ2v) is 8.11. The number of rotatable bonds is 12. The molecule has 7 nitrogen and oxygen atoms in total. The van der Waals surface area contributed by atoms with Crippen LogP contribution in [-0.4, -0.2) is 53.3 Å². The summed E-state index contributed by atoms with van der Waals surface area (Å²) in [6.45, 7) is 7.72. The Balaban J connectivity index is 1.80. The maximum atomic E-state index is 8.50. The van der Waals surface area contributed by atoms with Crippen LogP contribution in [0.5, 0.6) is 11.6 Å². The molecule has 0 saturated carbocycles. The van der Waals surface area contributed by atoms with E-state index < -0.39 is 0 Å².